The molecular weight excluding hydrogens is 164 g/mol. The van der Waals surface area contributed by atoms with Crippen molar-refractivity contribution in [1.82, 2.24) is 0 Å². The van der Waals surface area contributed by atoms with Crippen molar-refractivity contribution >= 4 is 17.3 Å². The van der Waals surface area contributed by atoms with E-state index in [0.29, 0.717) is 0 Å². The third-order valence-corrected chi connectivity index (χ3v) is 1.60. The number of hydrogen-bond acceptors (Lipinski definition) is 2. The van der Waals surface area contributed by atoms with Gasteiger partial charge in [0.05, 0.1) is 0 Å². The second-order valence-corrected chi connectivity index (χ2v) is 2.52. The van der Waals surface area contributed by atoms with E-state index in [1.807, 2.05) is 31.3 Å². The molecule has 3 heteroatoms. The fraction of sp³-hybridized carbons (Fsp3) is 0.100. The highest BCUT2D eigenvalue weighted by atomic mass is 16.1. The first-order valence-corrected chi connectivity index (χ1v) is 3.97. The molecule has 0 spiro atoms. The monoisotopic (exact) mass is 176 g/mol. The van der Waals surface area contributed by atoms with Crippen molar-refractivity contribution in [2.45, 2.75) is 0 Å². The zero-order chi connectivity index (χ0) is 9.68. The summed E-state index contributed by atoms with van der Waals surface area (Å²) in [7, 11) is 1.83. The molecular formula is C10H12N2O. The lowest BCUT2D eigenvalue weighted by molar-refractivity contribution is -0.111. The maximum Gasteiger partial charge on any atom is 0.247 e. The largest absolute Gasteiger partial charge is 0.388 e. The van der Waals surface area contributed by atoms with Crippen LogP contribution in [0.4, 0.5) is 11.4 Å². The molecule has 1 aromatic rings. The first kappa shape index (κ1) is 9.32. The summed E-state index contributed by atoms with van der Waals surface area (Å²) in [6.07, 6.45) is 1.24. The maximum absolute atomic E-state index is 10.9. The number of carbonyl (C=O) groups is 1. The van der Waals surface area contributed by atoms with Gasteiger partial charge in [-0.3, -0.25) is 4.79 Å². The van der Waals surface area contributed by atoms with E-state index in [2.05, 4.69) is 17.2 Å². The molecule has 0 bridgehead atoms. The van der Waals surface area contributed by atoms with Crippen molar-refractivity contribution in [2.24, 2.45) is 0 Å². The number of nitrogens with one attached hydrogen (secondary N) is 2. The van der Waals surface area contributed by atoms with Gasteiger partial charge in [-0.25, -0.2) is 0 Å². The quantitative estimate of drug-likeness (QED) is 0.690. The van der Waals surface area contributed by atoms with E-state index in [1.165, 1.54) is 6.08 Å². The van der Waals surface area contributed by atoms with Gasteiger partial charge < -0.3 is 10.6 Å². The number of carbonyl (C=O) groups excluding carboxylic acids is 1. The summed E-state index contributed by atoms with van der Waals surface area (Å²) in [5.74, 6) is -0.201. The second kappa shape index (κ2) is 4.30. The molecule has 0 unspecified atom stereocenters. The molecule has 0 aliphatic rings. The summed E-state index contributed by atoms with van der Waals surface area (Å²) >= 11 is 0. The molecule has 0 atom stereocenters. The number of hydrogen-bond donors (Lipinski definition) is 2. The first-order valence-electron chi connectivity index (χ1n) is 3.97. The van der Waals surface area contributed by atoms with Crippen LogP contribution >= 0.6 is 0 Å². The Morgan fingerprint density at radius 3 is 2.77 bits per heavy atom. The van der Waals surface area contributed by atoms with E-state index in [9.17, 15) is 4.79 Å². The van der Waals surface area contributed by atoms with Crippen LogP contribution in [0.15, 0.2) is 36.9 Å². The summed E-state index contributed by atoms with van der Waals surface area (Å²) in [5.41, 5.74) is 1.72. The SMILES string of the molecule is C=CC(=O)Nc1cccc(NC)c1. The van der Waals surface area contributed by atoms with E-state index in [4.69, 9.17) is 0 Å². The number of amides is 1. The smallest absolute Gasteiger partial charge is 0.247 e. The third kappa shape index (κ3) is 2.63. The predicted molar refractivity (Wildman–Crippen MR) is 54.8 cm³/mol. The number of anilines is 2. The molecule has 68 valence electrons. The average molecular weight is 176 g/mol. The highest BCUT2D eigenvalue weighted by Gasteiger charge is 1.96. The molecule has 1 rings (SSSR count). The lowest BCUT2D eigenvalue weighted by atomic mass is 10.3. The Kier molecular flexibility index (Phi) is 3.09. The Labute approximate surface area is 77.5 Å². The van der Waals surface area contributed by atoms with Gasteiger partial charge in [-0.1, -0.05) is 12.6 Å². The van der Waals surface area contributed by atoms with Crippen molar-refractivity contribution in [2.75, 3.05) is 17.7 Å². The van der Waals surface area contributed by atoms with E-state index >= 15 is 0 Å². The summed E-state index contributed by atoms with van der Waals surface area (Å²) in [5, 5.41) is 5.65. The zero-order valence-electron chi connectivity index (χ0n) is 7.50. The normalized spacial score (nSPS) is 9.00. The molecule has 0 aliphatic heterocycles. The van der Waals surface area contributed by atoms with Crippen LogP contribution in [0.1, 0.15) is 0 Å². The topological polar surface area (TPSA) is 41.1 Å². The molecule has 2 N–H and O–H groups in total. The van der Waals surface area contributed by atoms with E-state index < -0.39 is 0 Å². The van der Waals surface area contributed by atoms with E-state index in [-0.39, 0.29) is 5.91 Å². The number of benzene rings is 1. The van der Waals surface area contributed by atoms with Crippen LogP contribution in [0.3, 0.4) is 0 Å². The molecule has 3 nitrogen and oxygen atoms in total. The molecule has 13 heavy (non-hydrogen) atoms. The van der Waals surface area contributed by atoms with Crippen LogP contribution in [-0.4, -0.2) is 13.0 Å². The van der Waals surface area contributed by atoms with Crippen LogP contribution in [0.2, 0.25) is 0 Å². The van der Waals surface area contributed by atoms with Crippen LogP contribution in [0, 0.1) is 0 Å². The summed E-state index contributed by atoms with van der Waals surface area (Å²) < 4.78 is 0. The fourth-order valence-corrected chi connectivity index (χ4v) is 0.946. The highest BCUT2D eigenvalue weighted by molar-refractivity contribution is 5.99. The standard InChI is InChI=1S/C10H12N2O/c1-3-10(13)12-9-6-4-5-8(7-9)11-2/h3-7,11H,1H2,2H3,(H,12,13). The summed E-state index contributed by atoms with van der Waals surface area (Å²) in [6.45, 7) is 3.37. The lowest BCUT2D eigenvalue weighted by Crippen LogP contribution is -2.07. The summed E-state index contributed by atoms with van der Waals surface area (Å²) in [6, 6.07) is 7.46. The minimum Gasteiger partial charge on any atom is -0.388 e. The zero-order valence-corrected chi connectivity index (χ0v) is 7.50. The van der Waals surface area contributed by atoms with Gasteiger partial charge in [0.15, 0.2) is 0 Å². The van der Waals surface area contributed by atoms with Gasteiger partial charge in [0.2, 0.25) is 5.91 Å². The Balaban J connectivity index is 2.77. The van der Waals surface area contributed by atoms with E-state index in [1.54, 1.807) is 0 Å². The lowest BCUT2D eigenvalue weighted by Gasteiger charge is -2.04. The molecule has 0 aromatic heterocycles. The van der Waals surface area contributed by atoms with Crippen molar-refractivity contribution in [3.05, 3.63) is 36.9 Å². The van der Waals surface area contributed by atoms with Crippen molar-refractivity contribution in [1.29, 1.82) is 0 Å². The van der Waals surface area contributed by atoms with Crippen molar-refractivity contribution in [3.8, 4) is 0 Å². The van der Waals surface area contributed by atoms with Gasteiger partial charge in [0, 0.05) is 18.4 Å². The third-order valence-electron chi connectivity index (χ3n) is 1.60. The Morgan fingerprint density at radius 1 is 1.46 bits per heavy atom. The molecule has 1 aromatic carbocycles. The molecule has 0 saturated carbocycles. The fourth-order valence-electron chi connectivity index (χ4n) is 0.946. The van der Waals surface area contributed by atoms with E-state index in [0.717, 1.165) is 11.4 Å². The van der Waals surface area contributed by atoms with Gasteiger partial charge in [0.25, 0.3) is 0 Å². The molecule has 1 amide bonds. The molecule has 0 heterocycles. The van der Waals surface area contributed by atoms with Crippen LogP contribution in [-0.2, 0) is 4.79 Å². The minimum atomic E-state index is -0.201. The van der Waals surface area contributed by atoms with Crippen LogP contribution in [0.5, 0.6) is 0 Å². The molecule has 0 aliphatic carbocycles. The van der Waals surface area contributed by atoms with Crippen LogP contribution in [0.25, 0.3) is 0 Å². The van der Waals surface area contributed by atoms with Gasteiger partial charge in [-0.05, 0) is 24.3 Å². The predicted octanol–water partition coefficient (Wildman–Crippen LogP) is 1.85. The first-order chi connectivity index (χ1) is 6.26. The summed E-state index contributed by atoms with van der Waals surface area (Å²) in [4.78, 5) is 10.9. The van der Waals surface area contributed by atoms with Gasteiger partial charge in [-0.2, -0.15) is 0 Å². The highest BCUT2D eigenvalue weighted by Crippen LogP contribution is 2.13. The minimum absolute atomic E-state index is 0.201. The number of rotatable bonds is 3. The Hall–Kier alpha value is -1.77. The van der Waals surface area contributed by atoms with Gasteiger partial charge in [-0.15, -0.1) is 0 Å². The Morgan fingerprint density at radius 2 is 2.15 bits per heavy atom. The van der Waals surface area contributed by atoms with Gasteiger partial charge in [0.1, 0.15) is 0 Å². The molecule has 0 saturated heterocycles. The maximum atomic E-state index is 10.9. The second-order valence-electron chi connectivity index (χ2n) is 2.52. The average Bonchev–Trinajstić information content (AvgIpc) is 2.18. The van der Waals surface area contributed by atoms with Crippen LogP contribution < -0.4 is 10.6 Å². The Bertz CT molecular complexity index is 320. The molecule has 0 radical (unpaired) electrons. The van der Waals surface area contributed by atoms with Gasteiger partial charge >= 0.3 is 0 Å². The van der Waals surface area contributed by atoms with Crippen molar-refractivity contribution in [3.63, 3.8) is 0 Å². The molecule has 0 fully saturated rings. The van der Waals surface area contributed by atoms with Crippen molar-refractivity contribution < 1.29 is 4.79 Å².